The van der Waals surface area contributed by atoms with Gasteiger partial charge in [-0.25, -0.2) is 0 Å². The van der Waals surface area contributed by atoms with Crippen molar-refractivity contribution in [3.63, 3.8) is 0 Å². The maximum atomic E-state index is 12.0. The quantitative estimate of drug-likeness (QED) is 0.819. The van der Waals surface area contributed by atoms with Crippen LogP contribution in [0.4, 0.5) is 5.69 Å². The van der Waals surface area contributed by atoms with Gasteiger partial charge in [0.25, 0.3) is 5.91 Å². The van der Waals surface area contributed by atoms with Crippen LogP contribution in [-0.4, -0.2) is 18.3 Å². The van der Waals surface area contributed by atoms with Gasteiger partial charge >= 0.3 is 0 Å². The van der Waals surface area contributed by atoms with Gasteiger partial charge in [0.2, 0.25) is 0 Å². The van der Waals surface area contributed by atoms with Crippen LogP contribution >= 0.6 is 0 Å². The molecule has 120 valence electrons. The molecule has 0 aliphatic carbocycles. The van der Waals surface area contributed by atoms with Crippen LogP contribution in [0.25, 0.3) is 0 Å². The van der Waals surface area contributed by atoms with Crippen molar-refractivity contribution in [2.24, 2.45) is 0 Å². The van der Waals surface area contributed by atoms with E-state index in [0.717, 1.165) is 5.56 Å². The first-order valence-corrected chi connectivity index (χ1v) is 7.59. The first-order chi connectivity index (χ1) is 11.0. The lowest BCUT2D eigenvalue weighted by Crippen LogP contribution is -2.20. The van der Waals surface area contributed by atoms with Gasteiger partial charge in [-0.3, -0.25) is 9.59 Å². The molecule has 0 radical (unpaired) electrons. The Bertz CT molecular complexity index is 707. The number of benzene rings is 2. The fourth-order valence-corrected chi connectivity index (χ4v) is 2.13. The average molecular weight is 311 g/mol. The predicted molar refractivity (Wildman–Crippen MR) is 91.1 cm³/mol. The molecular weight excluding hydrogens is 290 g/mol. The molecule has 4 heteroatoms. The zero-order chi connectivity index (χ0) is 16.8. The van der Waals surface area contributed by atoms with E-state index in [0.29, 0.717) is 22.9 Å². The second-order valence-electron chi connectivity index (χ2n) is 5.70. The first-order valence-electron chi connectivity index (χ1n) is 7.59. The van der Waals surface area contributed by atoms with Crippen molar-refractivity contribution in [1.29, 1.82) is 0 Å². The molecule has 0 spiro atoms. The highest BCUT2D eigenvalue weighted by molar-refractivity contribution is 5.97. The fraction of sp³-hybridized carbons (Fsp3) is 0.263. The van der Waals surface area contributed by atoms with Gasteiger partial charge in [-0.2, -0.15) is 0 Å². The second-order valence-corrected chi connectivity index (χ2v) is 5.70. The average Bonchev–Trinajstić information content (AvgIpc) is 2.53. The SMILES string of the molecule is CC(=O)c1cccc(NC(=O)COc2cccc(C(C)C)c2)c1. The number of carbonyl (C=O) groups is 2. The van der Waals surface area contributed by atoms with Gasteiger partial charge in [0.15, 0.2) is 12.4 Å². The number of hydrogen-bond donors (Lipinski definition) is 1. The molecule has 23 heavy (non-hydrogen) atoms. The number of ketones is 1. The van der Waals surface area contributed by atoms with E-state index in [4.69, 9.17) is 4.74 Å². The second kappa shape index (κ2) is 7.58. The maximum absolute atomic E-state index is 12.0. The maximum Gasteiger partial charge on any atom is 0.262 e. The van der Waals surface area contributed by atoms with Crippen molar-refractivity contribution in [3.05, 3.63) is 59.7 Å². The molecule has 0 bridgehead atoms. The van der Waals surface area contributed by atoms with Gasteiger partial charge in [-0.15, -0.1) is 0 Å². The van der Waals surface area contributed by atoms with Crippen LogP contribution in [0.5, 0.6) is 5.75 Å². The monoisotopic (exact) mass is 311 g/mol. The molecule has 2 aromatic carbocycles. The summed E-state index contributed by atoms with van der Waals surface area (Å²) >= 11 is 0. The van der Waals surface area contributed by atoms with E-state index in [-0.39, 0.29) is 18.3 Å². The summed E-state index contributed by atoms with van der Waals surface area (Å²) in [5.74, 6) is 0.772. The van der Waals surface area contributed by atoms with E-state index in [1.165, 1.54) is 6.92 Å². The van der Waals surface area contributed by atoms with Gasteiger partial charge in [-0.1, -0.05) is 38.1 Å². The van der Waals surface area contributed by atoms with Gasteiger partial charge in [0.1, 0.15) is 5.75 Å². The minimum atomic E-state index is -0.263. The third-order valence-electron chi connectivity index (χ3n) is 3.45. The molecule has 0 fully saturated rings. The normalized spacial score (nSPS) is 10.4. The Morgan fingerprint density at radius 1 is 1.09 bits per heavy atom. The van der Waals surface area contributed by atoms with Crippen molar-refractivity contribution in [1.82, 2.24) is 0 Å². The smallest absolute Gasteiger partial charge is 0.262 e. The molecule has 0 aliphatic heterocycles. The van der Waals surface area contributed by atoms with Crippen molar-refractivity contribution < 1.29 is 14.3 Å². The molecule has 4 nitrogen and oxygen atoms in total. The zero-order valence-electron chi connectivity index (χ0n) is 13.6. The number of hydrogen-bond acceptors (Lipinski definition) is 3. The van der Waals surface area contributed by atoms with E-state index < -0.39 is 0 Å². The minimum Gasteiger partial charge on any atom is -0.484 e. The van der Waals surface area contributed by atoms with E-state index in [1.54, 1.807) is 24.3 Å². The summed E-state index contributed by atoms with van der Waals surface area (Å²) < 4.78 is 5.53. The van der Waals surface area contributed by atoms with Crippen LogP contribution in [0.3, 0.4) is 0 Å². The number of rotatable bonds is 6. The molecule has 0 aliphatic rings. The van der Waals surface area contributed by atoms with Gasteiger partial charge < -0.3 is 10.1 Å². The third kappa shape index (κ3) is 4.95. The predicted octanol–water partition coefficient (Wildman–Crippen LogP) is 4.03. The van der Waals surface area contributed by atoms with Crippen LogP contribution in [-0.2, 0) is 4.79 Å². The standard InChI is InChI=1S/C19H21NO3/c1-13(2)15-6-5-9-18(11-15)23-12-19(22)20-17-8-4-7-16(10-17)14(3)21/h4-11,13H,12H2,1-3H3,(H,20,22). The highest BCUT2D eigenvalue weighted by atomic mass is 16.5. The summed E-state index contributed by atoms with van der Waals surface area (Å²) in [6.45, 7) is 5.62. The summed E-state index contributed by atoms with van der Waals surface area (Å²) in [6, 6.07) is 14.6. The van der Waals surface area contributed by atoms with Crippen molar-refractivity contribution in [2.75, 3.05) is 11.9 Å². The largest absolute Gasteiger partial charge is 0.484 e. The molecule has 1 amide bonds. The van der Waals surface area contributed by atoms with E-state index in [2.05, 4.69) is 19.2 Å². The number of carbonyl (C=O) groups excluding carboxylic acids is 2. The van der Waals surface area contributed by atoms with E-state index >= 15 is 0 Å². The first kappa shape index (κ1) is 16.7. The summed E-state index contributed by atoms with van der Waals surface area (Å²) in [4.78, 5) is 23.3. The lowest BCUT2D eigenvalue weighted by molar-refractivity contribution is -0.118. The number of amides is 1. The summed E-state index contributed by atoms with van der Waals surface area (Å²) in [6.07, 6.45) is 0. The van der Waals surface area contributed by atoms with Crippen LogP contribution in [0.1, 0.15) is 42.6 Å². The Kier molecular flexibility index (Phi) is 5.52. The summed E-state index contributed by atoms with van der Waals surface area (Å²) in [7, 11) is 0. The van der Waals surface area contributed by atoms with Crippen LogP contribution in [0.2, 0.25) is 0 Å². The lowest BCUT2D eigenvalue weighted by Gasteiger charge is -2.10. The molecule has 0 heterocycles. The molecule has 2 rings (SSSR count). The highest BCUT2D eigenvalue weighted by Crippen LogP contribution is 2.20. The molecule has 0 aromatic heterocycles. The molecule has 0 saturated heterocycles. The van der Waals surface area contributed by atoms with Crippen molar-refractivity contribution in [3.8, 4) is 5.75 Å². The van der Waals surface area contributed by atoms with Gasteiger partial charge in [-0.05, 0) is 42.7 Å². The summed E-state index contributed by atoms with van der Waals surface area (Å²) in [5.41, 5.74) is 2.31. The lowest BCUT2D eigenvalue weighted by atomic mass is 10.0. The Balaban J connectivity index is 1.94. The Morgan fingerprint density at radius 2 is 1.83 bits per heavy atom. The Hall–Kier alpha value is -2.62. The summed E-state index contributed by atoms with van der Waals surface area (Å²) in [5, 5.41) is 2.73. The van der Waals surface area contributed by atoms with Crippen molar-refractivity contribution >= 4 is 17.4 Å². The van der Waals surface area contributed by atoms with Crippen LogP contribution in [0.15, 0.2) is 48.5 Å². The molecule has 2 aromatic rings. The number of ether oxygens (including phenoxy) is 1. The van der Waals surface area contributed by atoms with E-state index in [9.17, 15) is 9.59 Å². The number of anilines is 1. The van der Waals surface area contributed by atoms with Gasteiger partial charge in [0.05, 0.1) is 0 Å². The molecular formula is C19H21NO3. The minimum absolute atomic E-state index is 0.0390. The van der Waals surface area contributed by atoms with E-state index in [1.807, 2.05) is 24.3 Å². The molecule has 0 unspecified atom stereocenters. The molecule has 0 saturated carbocycles. The zero-order valence-corrected chi connectivity index (χ0v) is 13.6. The molecule has 1 N–H and O–H groups in total. The van der Waals surface area contributed by atoms with Crippen LogP contribution < -0.4 is 10.1 Å². The number of nitrogens with one attached hydrogen (secondary N) is 1. The van der Waals surface area contributed by atoms with Crippen LogP contribution in [0, 0.1) is 0 Å². The topological polar surface area (TPSA) is 55.4 Å². The molecule has 0 atom stereocenters. The Morgan fingerprint density at radius 3 is 2.52 bits per heavy atom. The Labute approximate surface area is 136 Å². The fourth-order valence-electron chi connectivity index (χ4n) is 2.13. The van der Waals surface area contributed by atoms with Gasteiger partial charge in [0, 0.05) is 11.3 Å². The third-order valence-corrected chi connectivity index (χ3v) is 3.45. The highest BCUT2D eigenvalue weighted by Gasteiger charge is 2.07. The van der Waals surface area contributed by atoms with Crippen molar-refractivity contribution in [2.45, 2.75) is 26.7 Å². The number of Topliss-reactive ketones (excluding diaryl/α,β-unsaturated/α-hetero) is 1.